The molecule has 0 aromatic carbocycles. The fourth-order valence-electron chi connectivity index (χ4n) is 1.86. The molecule has 0 fully saturated rings. The van der Waals surface area contributed by atoms with Crippen LogP contribution in [0.3, 0.4) is 0 Å². The molecule has 1 unspecified atom stereocenters. The lowest BCUT2D eigenvalue weighted by Gasteiger charge is -2.18. The molecule has 1 atom stereocenters. The van der Waals surface area contributed by atoms with E-state index >= 15 is 0 Å². The molecule has 0 bridgehead atoms. The van der Waals surface area contributed by atoms with Gasteiger partial charge in [-0.25, -0.2) is 0 Å². The van der Waals surface area contributed by atoms with Crippen molar-refractivity contribution >= 4 is 0 Å². The minimum atomic E-state index is 0.352. The van der Waals surface area contributed by atoms with Crippen molar-refractivity contribution in [3.63, 3.8) is 0 Å². The Morgan fingerprint density at radius 1 is 1.41 bits per heavy atom. The van der Waals surface area contributed by atoms with Gasteiger partial charge in [-0.05, 0) is 44.9 Å². The highest BCUT2D eigenvalue weighted by molar-refractivity contribution is 5.13. The molecule has 1 aromatic heterocycles. The number of rotatable bonds is 8. The predicted octanol–water partition coefficient (Wildman–Crippen LogP) is 2.86. The molecule has 3 heteroatoms. The highest BCUT2D eigenvalue weighted by Gasteiger charge is 2.11. The molecule has 96 valence electrons. The van der Waals surface area contributed by atoms with Gasteiger partial charge >= 0.3 is 0 Å². The van der Waals surface area contributed by atoms with E-state index in [2.05, 4.69) is 29.4 Å². The van der Waals surface area contributed by atoms with Crippen LogP contribution in [0.2, 0.25) is 0 Å². The number of nitrogens with zero attached hydrogens (tertiary/aromatic N) is 1. The molecule has 1 rings (SSSR count). The van der Waals surface area contributed by atoms with Crippen LogP contribution in [-0.4, -0.2) is 25.2 Å². The van der Waals surface area contributed by atoms with E-state index in [4.69, 9.17) is 4.74 Å². The maximum absolute atomic E-state index is 5.11. The number of methoxy groups -OCH3 is 1. The largest absolute Gasteiger partial charge is 0.385 e. The summed E-state index contributed by atoms with van der Waals surface area (Å²) in [5, 5.41) is 3.55. The summed E-state index contributed by atoms with van der Waals surface area (Å²) in [5.41, 5.74) is 2.23. The first kappa shape index (κ1) is 14.1. The molecule has 0 radical (unpaired) electrons. The minimum absolute atomic E-state index is 0.352. The van der Waals surface area contributed by atoms with Crippen LogP contribution >= 0.6 is 0 Å². The lowest BCUT2D eigenvalue weighted by atomic mass is 10.1. The van der Waals surface area contributed by atoms with Crippen molar-refractivity contribution in [3.05, 3.63) is 29.6 Å². The second-order valence-corrected chi connectivity index (χ2v) is 4.35. The monoisotopic (exact) mass is 236 g/mol. The molecule has 1 aromatic rings. The van der Waals surface area contributed by atoms with Gasteiger partial charge in [-0.3, -0.25) is 4.98 Å². The maximum atomic E-state index is 5.11. The molecule has 1 heterocycles. The number of pyridine rings is 1. The highest BCUT2D eigenvalue weighted by Crippen LogP contribution is 2.16. The van der Waals surface area contributed by atoms with E-state index < -0.39 is 0 Å². The Labute approximate surface area is 105 Å². The summed E-state index contributed by atoms with van der Waals surface area (Å²) < 4.78 is 5.11. The Hall–Kier alpha value is -0.930. The first-order chi connectivity index (χ1) is 8.27. The molecule has 0 amide bonds. The van der Waals surface area contributed by atoms with Gasteiger partial charge in [0.1, 0.15) is 0 Å². The summed E-state index contributed by atoms with van der Waals surface area (Å²) in [4.78, 5) is 4.60. The summed E-state index contributed by atoms with van der Waals surface area (Å²) >= 11 is 0. The van der Waals surface area contributed by atoms with Gasteiger partial charge in [-0.1, -0.05) is 13.0 Å². The highest BCUT2D eigenvalue weighted by atomic mass is 16.5. The molecule has 0 saturated carbocycles. The van der Waals surface area contributed by atoms with E-state index in [1.165, 1.54) is 0 Å². The third kappa shape index (κ3) is 5.29. The van der Waals surface area contributed by atoms with Crippen LogP contribution in [0.15, 0.2) is 18.2 Å². The SMILES string of the molecule is CCCNC(CCCOC)c1cccc(C)n1. The summed E-state index contributed by atoms with van der Waals surface area (Å²) in [6, 6.07) is 6.57. The van der Waals surface area contributed by atoms with Crippen molar-refractivity contribution in [1.82, 2.24) is 10.3 Å². The fraction of sp³-hybridized carbons (Fsp3) is 0.643. The quantitative estimate of drug-likeness (QED) is 0.705. The number of ether oxygens (including phenoxy) is 1. The summed E-state index contributed by atoms with van der Waals surface area (Å²) in [5.74, 6) is 0. The van der Waals surface area contributed by atoms with Crippen LogP contribution in [0, 0.1) is 6.92 Å². The Morgan fingerprint density at radius 3 is 2.88 bits per heavy atom. The van der Waals surface area contributed by atoms with E-state index in [1.54, 1.807) is 7.11 Å². The Kier molecular flexibility index (Phi) is 6.82. The summed E-state index contributed by atoms with van der Waals surface area (Å²) in [6.45, 7) is 6.07. The molecule has 0 saturated heterocycles. The van der Waals surface area contributed by atoms with E-state index in [0.29, 0.717) is 6.04 Å². The molecule has 0 aliphatic rings. The first-order valence-electron chi connectivity index (χ1n) is 6.43. The van der Waals surface area contributed by atoms with Gasteiger partial charge in [0.25, 0.3) is 0 Å². The van der Waals surface area contributed by atoms with E-state index in [9.17, 15) is 0 Å². The zero-order valence-electron chi connectivity index (χ0n) is 11.2. The van der Waals surface area contributed by atoms with Crippen molar-refractivity contribution < 1.29 is 4.74 Å². The van der Waals surface area contributed by atoms with Crippen LogP contribution < -0.4 is 5.32 Å². The van der Waals surface area contributed by atoms with Crippen LogP contribution in [0.4, 0.5) is 0 Å². The van der Waals surface area contributed by atoms with Gasteiger partial charge in [0.2, 0.25) is 0 Å². The summed E-state index contributed by atoms with van der Waals surface area (Å²) in [6.07, 6.45) is 3.28. The molecule has 17 heavy (non-hydrogen) atoms. The average molecular weight is 236 g/mol. The third-order valence-electron chi connectivity index (χ3n) is 2.75. The smallest absolute Gasteiger partial charge is 0.0576 e. The van der Waals surface area contributed by atoms with Gasteiger partial charge < -0.3 is 10.1 Å². The van der Waals surface area contributed by atoms with Crippen molar-refractivity contribution in [3.8, 4) is 0 Å². The molecular weight excluding hydrogens is 212 g/mol. The average Bonchev–Trinajstić information content (AvgIpc) is 2.33. The zero-order chi connectivity index (χ0) is 12.5. The van der Waals surface area contributed by atoms with Gasteiger partial charge in [0.05, 0.1) is 5.69 Å². The van der Waals surface area contributed by atoms with Gasteiger partial charge in [0, 0.05) is 25.5 Å². The van der Waals surface area contributed by atoms with Gasteiger partial charge in [-0.15, -0.1) is 0 Å². The number of aromatic nitrogens is 1. The number of hydrogen-bond donors (Lipinski definition) is 1. The Morgan fingerprint density at radius 2 is 2.24 bits per heavy atom. The van der Waals surface area contributed by atoms with E-state index in [0.717, 1.165) is 43.8 Å². The fourth-order valence-corrected chi connectivity index (χ4v) is 1.86. The predicted molar refractivity (Wildman–Crippen MR) is 71.1 cm³/mol. The Bertz CT molecular complexity index is 315. The maximum Gasteiger partial charge on any atom is 0.0576 e. The van der Waals surface area contributed by atoms with Crippen LogP contribution in [0.1, 0.15) is 43.6 Å². The van der Waals surface area contributed by atoms with Crippen molar-refractivity contribution in [2.45, 2.75) is 39.2 Å². The molecule has 1 N–H and O–H groups in total. The zero-order valence-corrected chi connectivity index (χ0v) is 11.2. The topological polar surface area (TPSA) is 34.1 Å². The summed E-state index contributed by atoms with van der Waals surface area (Å²) in [7, 11) is 1.75. The van der Waals surface area contributed by atoms with Crippen LogP contribution in [0.5, 0.6) is 0 Å². The lowest BCUT2D eigenvalue weighted by molar-refractivity contribution is 0.188. The van der Waals surface area contributed by atoms with Gasteiger partial charge in [-0.2, -0.15) is 0 Å². The normalized spacial score (nSPS) is 12.6. The van der Waals surface area contributed by atoms with Gasteiger partial charge in [0.15, 0.2) is 0 Å². The molecular formula is C14H24N2O. The molecule has 3 nitrogen and oxygen atoms in total. The van der Waals surface area contributed by atoms with E-state index in [-0.39, 0.29) is 0 Å². The molecule has 0 spiro atoms. The number of aryl methyl sites for hydroxylation is 1. The van der Waals surface area contributed by atoms with Crippen LogP contribution in [-0.2, 0) is 4.74 Å². The second-order valence-electron chi connectivity index (χ2n) is 4.35. The second kappa shape index (κ2) is 8.20. The number of hydrogen-bond acceptors (Lipinski definition) is 3. The first-order valence-corrected chi connectivity index (χ1v) is 6.43. The molecule has 0 aliphatic heterocycles. The van der Waals surface area contributed by atoms with E-state index in [1.807, 2.05) is 13.0 Å². The lowest BCUT2D eigenvalue weighted by Crippen LogP contribution is -2.23. The third-order valence-corrected chi connectivity index (χ3v) is 2.75. The van der Waals surface area contributed by atoms with Crippen molar-refractivity contribution in [2.24, 2.45) is 0 Å². The Balaban J connectivity index is 2.60. The van der Waals surface area contributed by atoms with Crippen molar-refractivity contribution in [1.29, 1.82) is 0 Å². The number of nitrogens with one attached hydrogen (secondary N) is 1. The standard InChI is InChI=1S/C14H24N2O/c1-4-10-15-13(9-6-11-17-3)14-8-5-7-12(2)16-14/h5,7-8,13,15H,4,6,9-11H2,1-3H3. The van der Waals surface area contributed by atoms with Crippen LogP contribution in [0.25, 0.3) is 0 Å². The van der Waals surface area contributed by atoms with Crippen molar-refractivity contribution in [2.75, 3.05) is 20.3 Å². The minimum Gasteiger partial charge on any atom is -0.385 e. The molecule has 0 aliphatic carbocycles.